The molecule has 0 radical (unpaired) electrons. The van der Waals surface area contributed by atoms with Gasteiger partial charge in [0.05, 0.1) is 15.5 Å². The van der Waals surface area contributed by atoms with Crippen LogP contribution in [-0.2, 0) is 0 Å². The van der Waals surface area contributed by atoms with E-state index in [1.807, 2.05) is 0 Å². The lowest BCUT2D eigenvalue weighted by atomic mass is 10.2. The molecule has 20 heavy (non-hydrogen) atoms. The van der Waals surface area contributed by atoms with Crippen molar-refractivity contribution in [1.29, 1.82) is 0 Å². The van der Waals surface area contributed by atoms with E-state index >= 15 is 0 Å². The Balaban J connectivity index is 2.29. The van der Waals surface area contributed by atoms with Crippen molar-refractivity contribution in [2.24, 2.45) is 0 Å². The molecule has 0 aliphatic carbocycles. The number of nitro benzene ring substituents is 1. The van der Waals surface area contributed by atoms with E-state index in [9.17, 15) is 14.9 Å². The summed E-state index contributed by atoms with van der Waals surface area (Å²) in [6, 6.07) is 5.00. The van der Waals surface area contributed by atoms with Crippen molar-refractivity contribution in [3.63, 3.8) is 0 Å². The molecule has 1 aromatic heterocycles. The summed E-state index contributed by atoms with van der Waals surface area (Å²) in [7, 11) is 0. The zero-order chi connectivity index (χ0) is 14.7. The van der Waals surface area contributed by atoms with Crippen LogP contribution in [0, 0.1) is 10.1 Å². The first-order valence-electron chi connectivity index (χ1n) is 5.21. The standard InChI is InChI=1S/C11H6Cl2N4O3/c12-8-2-1-6(17(19)20)5-7(8)10(18)15-9-3-4-14-11(13)16-9/h1-5H,(H,14,15,16,18). The number of hydrogen-bond donors (Lipinski definition) is 1. The quantitative estimate of drug-likeness (QED) is 0.533. The molecule has 7 nitrogen and oxygen atoms in total. The van der Waals surface area contributed by atoms with Gasteiger partial charge in [-0.15, -0.1) is 0 Å². The number of carbonyl (C=O) groups is 1. The fraction of sp³-hybridized carbons (Fsp3) is 0. The van der Waals surface area contributed by atoms with Crippen LogP contribution in [0.5, 0.6) is 0 Å². The third kappa shape index (κ3) is 3.19. The Labute approximate surface area is 122 Å². The number of carbonyl (C=O) groups excluding carboxylic acids is 1. The van der Waals surface area contributed by atoms with Crippen molar-refractivity contribution < 1.29 is 9.72 Å². The summed E-state index contributed by atoms with van der Waals surface area (Å²) in [6.45, 7) is 0. The Morgan fingerprint density at radius 1 is 1.30 bits per heavy atom. The minimum absolute atomic E-state index is 0.0319. The molecule has 0 saturated carbocycles. The van der Waals surface area contributed by atoms with Gasteiger partial charge in [0.25, 0.3) is 11.6 Å². The lowest BCUT2D eigenvalue weighted by Crippen LogP contribution is -2.14. The van der Waals surface area contributed by atoms with Crippen molar-refractivity contribution in [3.8, 4) is 0 Å². The van der Waals surface area contributed by atoms with Crippen LogP contribution in [0.3, 0.4) is 0 Å². The first kappa shape index (κ1) is 14.2. The van der Waals surface area contributed by atoms with Gasteiger partial charge in [-0.25, -0.2) is 9.97 Å². The van der Waals surface area contributed by atoms with Gasteiger partial charge in [0.1, 0.15) is 5.82 Å². The predicted octanol–water partition coefficient (Wildman–Crippen LogP) is 2.94. The Hall–Kier alpha value is -2.25. The molecule has 102 valence electrons. The summed E-state index contributed by atoms with van der Waals surface area (Å²) < 4.78 is 0. The Kier molecular flexibility index (Phi) is 4.11. The van der Waals surface area contributed by atoms with Gasteiger partial charge in [-0.2, -0.15) is 0 Å². The summed E-state index contributed by atoms with van der Waals surface area (Å²) in [5, 5.41) is 13.2. The minimum Gasteiger partial charge on any atom is -0.306 e. The van der Waals surface area contributed by atoms with Gasteiger partial charge in [0, 0.05) is 18.3 Å². The highest BCUT2D eigenvalue weighted by atomic mass is 35.5. The average molecular weight is 313 g/mol. The molecule has 1 aromatic carbocycles. The van der Waals surface area contributed by atoms with E-state index in [-0.39, 0.29) is 27.4 Å². The highest BCUT2D eigenvalue weighted by Crippen LogP contribution is 2.23. The number of rotatable bonds is 3. The molecule has 0 spiro atoms. The lowest BCUT2D eigenvalue weighted by molar-refractivity contribution is -0.384. The Morgan fingerprint density at radius 3 is 2.70 bits per heavy atom. The molecule has 0 aliphatic heterocycles. The van der Waals surface area contributed by atoms with E-state index in [1.165, 1.54) is 24.4 Å². The zero-order valence-electron chi connectivity index (χ0n) is 9.71. The summed E-state index contributed by atoms with van der Waals surface area (Å²) in [5.74, 6) is -0.467. The predicted molar refractivity (Wildman–Crippen MR) is 73.1 cm³/mol. The smallest absolute Gasteiger partial charge is 0.270 e. The van der Waals surface area contributed by atoms with Crippen molar-refractivity contribution >= 4 is 40.6 Å². The van der Waals surface area contributed by atoms with Crippen LogP contribution in [0.1, 0.15) is 10.4 Å². The second-order valence-electron chi connectivity index (χ2n) is 3.59. The number of amides is 1. The van der Waals surface area contributed by atoms with Gasteiger partial charge in [0.15, 0.2) is 0 Å². The number of benzene rings is 1. The Morgan fingerprint density at radius 2 is 2.05 bits per heavy atom. The molecule has 0 fully saturated rings. The maximum atomic E-state index is 12.0. The minimum atomic E-state index is -0.631. The maximum Gasteiger partial charge on any atom is 0.270 e. The maximum absolute atomic E-state index is 12.0. The van der Waals surface area contributed by atoms with Crippen LogP contribution in [0.2, 0.25) is 10.3 Å². The van der Waals surface area contributed by atoms with Gasteiger partial charge in [-0.05, 0) is 23.7 Å². The molecule has 0 bridgehead atoms. The first-order chi connectivity index (χ1) is 9.47. The number of nitrogens with one attached hydrogen (secondary N) is 1. The molecule has 1 amide bonds. The van der Waals surface area contributed by atoms with Gasteiger partial charge in [0.2, 0.25) is 5.28 Å². The van der Waals surface area contributed by atoms with E-state index in [0.29, 0.717) is 0 Å². The molecule has 9 heteroatoms. The van der Waals surface area contributed by atoms with Crippen LogP contribution < -0.4 is 5.32 Å². The zero-order valence-corrected chi connectivity index (χ0v) is 11.2. The second kappa shape index (κ2) is 5.81. The molecule has 1 N–H and O–H groups in total. The largest absolute Gasteiger partial charge is 0.306 e. The number of nitrogens with zero attached hydrogens (tertiary/aromatic N) is 3. The van der Waals surface area contributed by atoms with E-state index < -0.39 is 10.8 Å². The molecule has 0 atom stereocenters. The first-order valence-corrected chi connectivity index (χ1v) is 5.97. The van der Waals surface area contributed by atoms with Crippen molar-refractivity contribution in [1.82, 2.24) is 9.97 Å². The molecular formula is C11H6Cl2N4O3. The molecule has 0 saturated heterocycles. The third-order valence-electron chi connectivity index (χ3n) is 2.27. The topological polar surface area (TPSA) is 98.0 Å². The monoisotopic (exact) mass is 312 g/mol. The van der Waals surface area contributed by atoms with Gasteiger partial charge in [-0.1, -0.05) is 11.6 Å². The molecule has 2 rings (SSSR count). The van der Waals surface area contributed by atoms with Gasteiger partial charge >= 0.3 is 0 Å². The number of nitro groups is 1. The second-order valence-corrected chi connectivity index (χ2v) is 4.33. The van der Waals surface area contributed by atoms with Crippen LogP contribution in [-0.4, -0.2) is 20.8 Å². The summed E-state index contributed by atoms with van der Waals surface area (Å²) in [5.41, 5.74) is -0.268. The highest BCUT2D eigenvalue weighted by Gasteiger charge is 2.16. The van der Waals surface area contributed by atoms with Gasteiger partial charge in [-0.3, -0.25) is 14.9 Å². The third-order valence-corrected chi connectivity index (χ3v) is 2.78. The Bertz CT molecular complexity index is 693. The van der Waals surface area contributed by atoms with E-state index in [2.05, 4.69) is 15.3 Å². The summed E-state index contributed by atoms with van der Waals surface area (Å²) >= 11 is 11.4. The number of non-ortho nitro benzene ring substituents is 1. The molecule has 1 heterocycles. The molecule has 2 aromatic rings. The summed E-state index contributed by atoms with van der Waals surface area (Å²) in [6.07, 6.45) is 1.36. The van der Waals surface area contributed by atoms with Crippen LogP contribution >= 0.6 is 23.2 Å². The number of hydrogen-bond acceptors (Lipinski definition) is 5. The fourth-order valence-electron chi connectivity index (χ4n) is 1.39. The SMILES string of the molecule is O=C(Nc1ccnc(Cl)n1)c1cc([N+](=O)[O-])ccc1Cl. The van der Waals surface area contributed by atoms with Crippen LogP contribution in [0.15, 0.2) is 30.5 Å². The number of anilines is 1. The normalized spacial score (nSPS) is 10.1. The van der Waals surface area contributed by atoms with E-state index in [4.69, 9.17) is 23.2 Å². The lowest BCUT2D eigenvalue weighted by Gasteiger charge is -2.05. The fourth-order valence-corrected chi connectivity index (χ4v) is 1.74. The average Bonchev–Trinajstić information content (AvgIpc) is 2.38. The summed E-state index contributed by atoms with van der Waals surface area (Å²) in [4.78, 5) is 29.5. The van der Waals surface area contributed by atoms with Crippen LogP contribution in [0.4, 0.5) is 11.5 Å². The van der Waals surface area contributed by atoms with E-state index in [1.54, 1.807) is 0 Å². The molecular weight excluding hydrogens is 307 g/mol. The van der Waals surface area contributed by atoms with Crippen molar-refractivity contribution in [2.45, 2.75) is 0 Å². The van der Waals surface area contributed by atoms with Crippen molar-refractivity contribution in [2.75, 3.05) is 5.32 Å². The number of aromatic nitrogens is 2. The molecule has 0 aliphatic rings. The van der Waals surface area contributed by atoms with Crippen LogP contribution in [0.25, 0.3) is 0 Å². The van der Waals surface area contributed by atoms with E-state index in [0.717, 1.165) is 6.07 Å². The van der Waals surface area contributed by atoms with Crippen molar-refractivity contribution in [3.05, 3.63) is 56.4 Å². The number of halogens is 2. The molecule has 0 unspecified atom stereocenters. The van der Waals surface area contributed by atoms with Gasteiger partial charge < -0.3 is 5.32 Å². The highest BCUT2D eigenvalue weighted by molar-refractivity contribution is 6.34.